The molecule has 0 aliphatic heterocycles. The number of furan rings is 1. The molecule has 0 atom stereocenters. The van der Waals surface area contributed by atoms with Crippen molar-refractivity contribution >= 4 is 97.3 Å². The number of benzene rings is 14. The molecule has 308 valence electrons. The minimum atomic E-state index is 0.905. The van der Waals surface area contributed by atoms with Crippen molar-refractivity contribution in [2.24, 2.45) is 0 Å². The predicted octanol–water partition coefficient (Wildman–Crippen LogP) is 18.9. The maximum atomic E-state index is 7.46. The van der Waals surface area contributed by atoms with Crippen molar-refractivity contribution in [2.45, 2.75) is 0 Å². The quantitative estimate of drug-likeness (QED) is 0.157. The molecule has 0 aliphatic carbocycles. The Morgan fingerprint density at radius 1 is 0.179 bits per heavy atom. The third-order valence-electron chi connectivity index (χ3n) is 14.8. The van der Waals surface area contributed by atoms with Gasteiger partial charge in [0.15, 0.2) is 0 Å². The summed E-state index contributed by atoms with van der Waals surface area (Å²) in [4.78, 5) is 0. The SMILES string of the molecule is c1ccc(-c2cccc3c2ccc2c3oc3c(-c4ccc5ccc6c(-c7ccccc7)ccc7ccc4c5c76)ccc(-c4ccc5ccc6c(-c7ccccc7)ccc7ccc4c5c76)c32)cc1. The molecule has 0 saturated carbocycles. The molecule has 0 aliphatic rings. The van der Waals surface area contributed by atoms with Crippen molar-refractivity contribution in [3.63, 3.8) is 0 Å². The van der Waals surface area contributed by atoms with Crippen molar-refractivity contribution in [3.05, 3.63) is 231 Å². The molecule has 14 aromatic carbocycles. The molecule has 0 unspecified atom stereocenters. The summed E-state index contributed by atoms with van der Waals surface area (Å²) in [6.45, 7) is 0. The lowest BCUT2D eigenvalue weighted by Gasteiger charge is -2.18. The summed E-state index contributed by atoms with van der Waals surface area (Å²) in [7, 11) is 0. The summed E-state index contributed by atoms with van der Waals surface area (Å²) in [5, 5.41) is 19.8. The fourth-order valence-corrected chi connectivity index (χ4v) is 11.8. The second-order valence-electron chi connectivity index (χ2n) is 18.2. The molecule has 67 heavy (non-hydrogen) atoms. The second-order valence-corrected chi connectivity index (χ2v) is 18.2. The third-order valence-corrected chi connectivity index (χ3v) is 14.8. The van der Waals surface area contributed by atoms with E-state index in [9.17, 15) is 0 Å². The van der Waals surface area contributed by atoms with E-state index in [0.717, 1.165) is 32.9 Å². The Balaban J connectivity index is 1.03. The van der Waals surface area contributed by atoms with Gasteiger partial charge >= 0.3 is 0 Å². The molecule has 0 bridgehead atoms. The molecule has 15 rings (SSSR count). The Bertz CT molecular complexity index is 4470. The number of rotatable bonds is 5. The van der Waals surface area contributed by atoms with Crippen molar-refractivity contribution in [2.75, 3.05) is 0 Å². The first kappa shape index (κ1) is 36.5. The van der Waals surface area contributed by atoms with Gasteiger partial charge in [-0.3, -0.25) is 0 Å². The Kier molecular flexibility index (Phi) is 7.56. The van der Waals surface area contributed by atoms with E-state index >= 15 is 0 Å². The normalized spacial score (nSPS) is 12.2. The highest BCUT2D eigenvalue weighted by atomic mass is 16.3. The first-order valence-electron chi connectivity index (χ1n) is 23.2. The van der Waals surface area contributed by atoms with Crippen LogP contribution in [-0.4, -0.2) is 0 Å². The monoisotopic (exact) mass is 846 g/mol. The fourth-order valence-electron chi connectivity index (χ4n) is 11.8. The van der Waals surface area contributed by atoms with Gasteiger partial charge in [0.2, 0.25) is 0 Å². The van der Waals surface area contributed by atoms with Crippen LogP contribution in [0.1, 0.15) is 0 Å². The molecule has 1 heterocycles. The average molecular weight is 847 g/mol. The van der Waals surface area contributed by atoms with Gasteiger partial charge in [-0.2, -0.15) is 0 Å². The largest absolute Gasteiger partial charge is 0.455 e. The molecular weight excluding hydrogens is 809 g/mol. The van der Waals surface area contributed by atoms with Crippen LogP contribution in [0.5, 0.6) is 0 Å². The van der Waals surface area contributed by atoms with Crippen LogP contribution in [0.2, 0.25) is 0 Å². The molecule has 0 saturated heterocycles. The highest BCUT2D eigenvalue weighted by Crippen LogP contribution is 2.50. The molecule has 0 fully saturated rings. The van der Waals surface area contributed by atoms with Crippen molar-refractivity contribution < 1.29 is 4.42 Å². The molecular formula is C66H38O. The van der Waals surface area contributed by atoms with Gasteiger partial charge in [0.25, 0.3) is 0 Å². The summed E-state index contributed by atoms with van der Waals surface area (Å²) < 4.78 is 7.46. The Morgan fingerprint density at radius 2 is 0.537 bits per heavy atom. The number of hydrogen-bond acceptors (Lipinski definition) is 1. The maximum Gasteiger partial charge on any atom is 0.143 e. The van der Waals surface area contributed by atoms with E-state index in [1.54, 1.807) is 0 Å². The van der Waals surface area contributed by atoms with Crippen LogP contribution in [0.3, 0.4) is 0 Å². The van der Waals surface area contributed by atoms with E-state index in [-0.39, 0.29) is 0 Å². The van der Waals surface area contributed by atoms with Crippen molar-refractivity contribution in [1.82, 2.24) is 0 Å². The first-order chi connectivity index (χ1) is 33.2. The summed E-state index contributed by atoms with van der Waals surface area (Å²) in [6, 6.07) is 85.1. The van der Waals surface area contributed by atoms with Gasteiger partial charge in [0, 0.05) is 21.7 Å². The molecule has 1 heteroatoms. The smallest absolute Gasteiger partial charge is 0.143 e. The van der Waals surface area contributed by atoms with Crippen LogP contribution >= 0.6 is 0 Å². The Hall–Kier alpha value is -8.78. The zero-order valence-corrected chi connectivity index (χ0v) is 36.3. The summed E-state index contributed by atoms with van der Waals surface area (Å²) in [5.74, 6) is 0. The Morgan fingerprint density at radius 3 is 1.03 bits per heavy atom. The van der Waals surface area contributed by atoms with Gasteiger partial charge in [-0.25, -0.2) is 0 Å². The summed E-state index contributed by atoms with van der Waals surface area (Å²) >= 11 is 0. The second kappa shape index (κ2) is 13.9. The van der Waals surface area contributed by atoms with E-state index in [1.165, 1.54) is 120 Å². The van der Waals surface area contributed by atoms with Crippen LogP contribution in [0, 0.1) is 0 Å². The van der Waals surface area contributed by atoms with E-state index in [4.69, 9.17) is 4.42 Å². The van der Waals surface area contributed by atoms with Crippen LogP contribution in [0.15, 0.2) is 235 Å². The molecule has 15 aromatic rings. The maximum absolute atomic E-state index is 7.46. The zero-order chi connectivity index (χ0) is 43.7. The van der Waals surface area contributed by atoms with E-state index in [0.29, 0.717) is 0 Å². The van der Waals surface area contributed by atoms with Crippen LogP contribution in [0.25, 0.3) is 153 Å². The molecule has 1 nitrogen and oxygen atoms in total. The lowest BCUT2D eigenvalue weighted by molar-refractivity contribution is 0.674. The molecule has 0 amide bonds. The van der Waals surface area contributed by atoms with E-state index < -0.39 is 0 Å². The topological polar surface area (TPSA) is 13.1 Å². The lowest BCUT2D eigenvalue weighted by atomic mass is 9.85. The van der Waals surface area contributed by atoms with Crippen LogP contribution in [-0.2, 0) is 0 Å². The number of fused-ring (bicyclic) bond motifs is 5. The molecule has 0 N–H and O–H groups in total. The van der Waals surface area contributed by atoms with Crippen LogP contribution < -0.4 is 0 Å². The average Bonchev–Trinajstić information content (AvgIpc) is 3.80. The van der Waals surface area contributed by atoms with Crippen LogP contribution in [0.4, 0.5) is 0 Å². The van der Waals surface area contributed by atoms with E-state index in [2.05, 4.69) is 231 Å². The first-order valence-corrected chi connectivity index (χ1v) is 23.2. The van der Waals surface area contributed by atoms with Crippen molar-refractivity contribution in [1.29, 1.82) is 0 Å². The minimum Gasteiger partial charge on any atom is -0.455 e. The van der Waals surface area contributed by atoms with Gasteiger partial charge in [0.1, 0.15) is 11.2 Å². The number of hydrogen-bond donors (Lipinski definition) is 0. The highest BCUT2D eigenvalue weighted by Gasteiger charge is 2.24. The molecule has 0 radical (unpaired) electrons. The zero-order valence-electron chi connectivity index (χ0n) is 36.3. The van der Waals surface area contributed by atoms with Crippen molar-refractivity contribution in [3.8, 4) is 55.6 Å². The van der Waals surface area contributed by atoms with Gasteiger partial charge in [-0.15, -0.1) is 0 Å². The van der Waals surface area contributed by atoms with E-state index in [1.807, 2.05) is 0 Å². The molecule has 0 spiro atoms. The summed E-state index contributed by atoms with van der Waals surface area (Å²) in [6.07, 6.45) is 0. The Labute approximate surface area is 386 Å². The standard InChI is InChI=1S/C66H38O/c1-4-11-39(12-5-1)46-17-10-18-57-49(46)35-38-59-64-56(50-29-21-44-23-31-52-47(40-13-6-2-7-14-40)27-19-42-25-33-54(50)62(44)60(42)52)36-37-58(66(64)67-65(57)59)51-30-22-45-24-32-53-48(41-15-8-3-9-16-41)28-20-43-26-34-55(51)63(45)61(43)53/h1-38H. The van der Waals surface area contributed by atoms with Gasteiger partial charge in [0.05, 0.1) is 0 Å². The van der Waals surface area contributed by atoms with Gasteiger partial charge < -0.3 is 4.42 Å². The summed E-state index contributed by atoms with van der Waals surface area (Å²) in [5.41, 5.74) is 13.8. The van der Waals surface area contributed by atoms with Gasteiger partial charge in [-0.05, 0) is 132 Å². The fraction of sp³-hybridized carbons (Fsp3) is 0. The van der Waals surface area contributed by atoms with Gasteiger partial charge in [-0.1, -0.05) is 218 Å². The minimum absolute atomic E-state index is 0.905. The highest BCUT2D eigenvalue weighted by molar-refractivity contribution is 6.32. The lowest BCUT2D eigenvalue weighted by Crippen LogP contribution is -1.91. The third kappa shape index (κ3) is 5.20. The predicted molar refractivity (Wildman–Crippen MR) is 286 cm³/mol. The molecule has 1 aromatic heterocycles.